The first-order valence-corrected chi connectivity index (χ1v) is 19.2. The fourth-order valence-electron chi connectivity index (χ4n) is 7.21. The number of benzene rings is 5. The molecule has 8 nitrogen and oxygen atoms in total. The molecule has 0 unspecified atom stereocenters. The van der Waals surface area contributed by atoms with Crippen molar-refractivity contribution in [1.29, 1.82) is 0 Å². The van der Waals surface area contributed by atoms with Crippen LogP contribution in [0.5, 0.6) is 11.5 Å². The zero-order chi connectivity index (χ0) is 38.9. The highest BCUT2D eigenvalue weighted by Gasteiger charge is 2.26. The van der Waals surface area contributed by atoms with Crippen molar-refractivity contribution in [3.8, 4) is 22.6 Å². The van der Waals surface area contributed by atoms with E-state index in [0.717, 1.165) is 58.5 Å². The quantitative estimate of drug-likeness (QED) is 0.105. The standard InChI is InChI=1S/C47H52N2O6/c1-7-49(38-21-23-53-24-22-38)43-27-37(26-41(33(43)4)47(51)52-6)36-19-14-20-39(25-36)48(5)46(50)42-28-40(32(2)3)44(54-30-34-15-10-8-11-16-34)29-45(42)55-31-35-17-12-9-13-18-35/h8-20,25-29,32,38H,7,21-24,30-31H2,1-6H3. The molecule has 6 rings (SSSR count). The third-order valence-corrected chi connectivity index (χ3v) is 10.4. The molecule has 1 fully saturated rings. The van der Waals surface area contributed by atoms with Gasteiger partial charge in [-0.25, -0.2) is 4.79 Å². The van der Waals surface area contributed by atoms with Crippen LogP contribution in [0.4, 0.5) is 11.4 Å². The number of carbonyl (C=O) groups excluding carboxylic acids is 2. The lowest BCUT2D eigenvalue weighted by Gasteiger charge is -2.37. The maximum Gasteiger partial charge on any atom is 0.338 e. The van der Waals surface area contributed by atoms with Gasteiger partial charge in [-0.3, -0.25) is 4.79 Å². The van der Waals surface area contributed by atoms with Gasteiger partial charge in [0.05, 0.1) is 18.2 Å². The topological polar surface area (TPSA) is 77.5 Å². The molecule has 0 N–H and O–H groups in total. The second-order valence-corrected chi connectivity index (χ2v) is 14.3. The number of methoxy groups -OCH3 is 1. The molecule has 0 aromatic heterocycles. The molecule has 1 heterocycles. The highest BCUT2D eigenvalue weighted by molar-refractivity contribution is 6.08. The van der Waals surface area contributed by atoms with Gasteiger partial charge in [-0.1, -0.05) is 86.6 Å². The number of anilines is 2. The number of amides is 1. The van der Waals surface area contributed by atoms with Crippen LogP contribution in [0.15, 0.2) is 109 Å². The maximum atomic E-state index is 14.6. The summed E-state index contributed by atoms with van der Waals surface area (Å²) in [5.74, 6) is 0.614. The molecule has 0 atom stereocenters. The van der Waals surface area contributed by atoms with Crippen molar-refractivity contribution in [2.24, 2.45) is 0 Å². The Kier molecular flexibility index (Phi) is 12.9. The van der Waals surface area contributed by atoms with E-state index in [4.69, 9.17) is 18.9 Å². The Balaban J connectivity index is 1.36. The lowest BCUT2D eigenvalue weighted by Crippen LogP contribution is -2.40. The van der Waals surface area contributed by atoms with E-state index in [1.54, 1.807) is 11.9 Å². The molecule has 0 radical (unpaired) electrons. The van der Waals surface area contributed by atoms with Crippen LogP contribution in [0.1, 0.15) is 82.5 Å². The van der Waals surface area contributed by atoms with Crippen molar-refractivity contribution in [3.05, 3.63) is 143 Å². The largest absolute Gasteiger partial charge is 0.488 e. The van der Waals surface area contributed by atoms with Crippen LogP contribution in [0, 0.1) is 6.92 Å². The molecule has 0 aliphatic carbocycles. The molecule has 0 bridgehead atoms. The Morgan fingerprint density at radius 3 is 2.00 bits per heavy atom. The van der Waals surface area contributed by atoms with Crippen LogP contribution >= 0.6 is 0 Å². The van der Waals surface area contributed by atoms with E-state index < -0.39 is 0 Å². The van der Waals surface area contributed by atoms with Crippen molar-refractivity contribution in [2.75, 3.05) is 43.7 Å². The number of rotatable bonds is 14. The molecule has 5 aromatic rings. The molecule has 0 spiro atoms. The van der Waals surface area contributed by atoms with Gasteiger partial charge in [-0.2, -0.15) is 0 Å². The SMILES string of the molecule is CCN(c1cc(-c2cccc(N(C)C(=O)c3cc(C(C)C)c(OCc4ccccc4)cc3OCc3ccccc3)c2)cc(C(=O)OC)c1C)C1CCOCC1. The van der Waals surface area contributed by atoms with Gasteiger partial charge in [0, 0.05) is 50.3 Å². The van der Waals surface area contributed by atoms with Crippen LogP contribution in [0.2, 0.25) is 0 Å². The van der Waals surface area contributed by atoms with Crippen molar-refractivity contribution in [1.82, 2.24) is 0 Å². The number of carbonyl (C=O) groups is 2. The van der Waals surface area contributed by atoms with Gasteiger partial charge < -0.3 is 28.7 Å². The van der Waals surface area contributed by atoms with Gasteiger partial charge in [-0.05, 0) is 96.3 Å². The number of nitrogens with zero attached hydrogens (tertiary/aromatic N) is 2. The Hall–Kier alpha value is -5.60. The molecule has 286 valence electrons. The first-order chi connectivity index (χ1) is 26.7. The molecule has 8 heteroatoms. The summed E-state index contributed by atoms with van der Waals surface area (Å²) in [6, 6.07) is 35.9. The van der Waals surface area contributed by atoms with Gasteiger partial charge in [0.25, 0.3) is 5.91 Å². The lowest BCUT2D eigenvalue weighted by atomic mass is 9.95. The molecule has 0 saturated carbocycles. The van der Waals surface area contributed by atoms with Gasteiger partial charge >= 0.3 is 5.97 Å². The average molecular weight is 741 g/mol. The van der Waals surface area contributed by atoms with Crippen LogP contribution in [0.25, 0.3) is 11.1 Å². The smallest absolute Gasteiger partial charge is 0.338 e. The molecule has 5 aromatic carbocycles. The summed E-state index contributed by atoms with van der Waals surface area (Å²) in [4.78, 5) is 31.8. The van der Waals surface area contributed by atoms with E-state index in [1.165, 1.54) is 7.11 Å². The fraction of sp³-hybridized carbons (Fsp3) is 0.319. The first kappa shape index (κ1) is 39.1. The number of esters is 1. The average Bonchev–Trinajstić information content (AvgIpc) is 3.23. The summed E-state index contributed by atoms with van der Waals surface area (Å²) < 4.78 is 23.7. The van der Waals surface area contributed by atoms with Crippen LogP contribution in [-0.4, -0.2) is 51.8 Å². The van der Waals surface area contributed by atoms with E-state index >= 15 is 0 Å². The molecular formula is C47H52N2O6. The highest BCUT2D eigenvalue weighted by Crippen LogP contribution is 2.38. The second kappa shape index (κ2) is 18.2. The zero-order valence-electron chi connectivity index (χ0n) is 32.8. The highest BCUT2D eigenvalue weighted by atomic mass is 16.5. The minimum absolute atomic E-state index is 0.0812. The van der Waals surface area contributed by atoms with E-state index in [2.05, 4.69) is 31.7 Å². The van der Waals surface area contributed by atoms with Crippen molar-refractivity contribution in [2.45, 2.75) is 65.7 Å². The van der Waals surface area contributed by atoms with Crippen LogP contribution in [-0.2, 0) is 22.7 Å². The zero-order valence-corrected chi connectivity index (χ0v) is 32.8. The Bertz CT molecular complexity index is 2080. The fourth-order valence-corrected chi connectivity index (χ4v) is 7.21. The van der Waals surface area contributed by atoms with E-state index in [1.807, 2.05) is 110 Å². The second-order valence-electron chi connectivity index (χ2n) is 14.3. The van der Waals surface area contributed by atoms with Gasteiger partial charge in [0.2, 0.25) is 0 Å². The van der Waals surface area contributed by atoms with Crippen LogP contribution < -0.4 is 19.3 Å². The van der Waals surface area contributed by atoms with Crippen LogP contribution in [0.3, 0.4) is 0 Å². The van der Waals surface area contributed by atoms with Gasteiger partial charge in [-0.15, -0.1) is 0 Å². The predicted molar refractivity (Wildman–Crippen MR) is 220 cm³/mol. The van der Waals surface area contributed by atoms with Gasteiger partial charge in [0.15, 0.2) is 0 Å². The molecule has 1 amide bonds. The molecule has 55 heavy (non-hydrogen) atoms. The number of hydrogen-bond donors (Lipinski definition) is 0. The molecule has 1 aliphatic heterocycles. The molecule has 1 saturated heterocycles. The summed E-state index contributed by atoms with van der Waals surface area (Å²) >= 11 is 0. The Labute approximate surface area is 325 Å². The normalized spacial score (nSPS) is 13.0. The lowest BCUT2D eigenvalue weighted by molar-refractivity contribution is 0.0599. The summed E-state index contributed by atoms with van der Waals surface area (Å²) in [7, 11) is 3.19. The predicted octanol–water partition coefficient (Wildman–Crippen LogP) is 10.0. The summed E-state index contributed by atoms with van der Waals surface area (Å²) in [6.45, 7) is 11.2. The monoisotopic (exact) mass is 740 g/mol. The Morgan fingerprint density at radius 1 is 0.764 bits per heavy atom. The van der Waals surface area contributed by atoms with E-state index in [-0.39, 0.29) is 17.8 Å². The summed E-state index contributed by atoms with van der Waals surface area (Å²) in [5.41, 5.74) is 8.24. The number of hydrogen-bond acceptors (Lipinski definition) is 7. The minimum Gasteiger partial charge on any atom is -0.488 e. The van der Waals surface area contributed by atoms with E-state index in [9.17, 15) is 9.59 Å². The number of ether oxygens (including phenoxy) is 4. The third kappa shape index (κ3) is 9.20. The Morgan fingerprint density at radius 2 is 1.40 bits per heavy atom. The third-order valence-electron chi connectivity index (χ3n) is 10.4. The van der Waals surface area contributed by atoms with Crippen molar-refractivity contribution < 1.29 is 28.5 Å². The molecule has 1 aliphatic rings. The molecular weight excluding hydrogens is 689 g/mol. The maximum absolute atomic E-state index is 14.6. The van der Waals surface area contributed by atoms with E-state index in [0.29, 0.717) is 60.8 Å². The van der Waals surface area contributed by atoms with Crippen molar-refractivity contribution in [3.63, 3.8) is 0 Å². The van der Waals surface area contributed by atoms with Gasteiger partial charge in [0.1, 0.15) is 24.7 Å². The first-order valence-electron chi connectivity index (χ1n) is 19.2. The minimum atomic E-state index is -0.382. The summed E-state index contributed by atoms with van der Waals surface area (Å²) in [5, 5.41) is 0. The van der Waals surface area contributed by atoms with Crippen molar-refractivity contribution >= 4 is 23.3 Å². The summed E-state index contributed by atoms with van der Waals surface area (Å²) in [6.07, 6.45) is 1.84.